The second kappa shape index (κ2) is 9.03. The first-order valence-electron chi connectivity index (χ1n) is 13.5. The zero-order valence-electron chi connectivity index (χ0n) is 22.3. The van der Waals surface area contributed by atoms with Crippen LogP contribution in [0.4, 0.5) is 0 Å². The first-order valence-corrected chi connectivity index (χ1v) is 15.6. The summed E-state index contributed by atoms with van der Waals surface area (Å²) >= 11 is 8.97. The average Bonchev–Trinajstić information content (AvgIpc) is 3.56. The molecule has 9 heteroatoms. The zero-order valence-corrected chi connectivity index (χ0v) is 24.7. The molecule has 2 saturated carbocycles. The van der Waals surface area contributed by atoms with Crippen molar-refractivity contribution in [1.29, 1.82) is 0 Å². The van der Waals surface area contributed by atoms with Crippen molar-refractivity contribution in [3.05, 3.63) is 44.2 Å². The van der Waals surface area contributed by atoms with Crippen molar-refractivity contribution in [3.8, 4) is 0 Å². The Morgan fingerprint density at radius 1 is 1.13 bits per heavy atom. The largest absolute Gasteiger partial charge is 0.480 e. The predicted molar refractivity (Wildman–Crippen MR) is 151 cm³/mol. The molecule has 8 atom stereocenters. The summed E-state index contributed by atoms with van der Waals surface area (Å²) in [5, 5.41) is 11.2. The Morgan fingerprint density at radius 3 is 2.34 bits per heavy atom. The van der Waals surface area contributed by atoms with Crippen molar-refractivity contribution >= 4 is 53.1 Å². The van der Waals surface area contributed by atoms with Crippen molar-refractivity contribution in [2.24, 2.45) is 35.5 Å². The average molecular weight is 571 g/mol. The molecule has 4 aliphatic rings. The summed E-state index contributed by atoms with van der Waals surface area (Å²) in [6.07, 6.45) is 1.12. The van der Waals surface area contributed by atoms with Crippen LogP contribution in [0.25, 0.3) is 0 Å². The Balaban J connectivity index is 1.40. The fraction of sp³-hybridized carbons (Fsp3) is 0.586. The minimum atomic E-state index is -1.09. The number of carbonyl (C=O) groups excluding carboxylic acids is 2. The molecule has 3 fully saturated rings. The number of thiazole rings is 1. The number of aromatic nitrogens is 1. The van der Waals surface area contributed by atoms with Gasteiger partial charge in [0.1, 0.15) is 6.04 Å². The lowest BCUT2D eigenvalue weighted by molar-refractivity contribution is -0.156. The summed E-state index contributed by atoms with van der Waals surface area (Å²) < 4.78 is 0.752. The number of carboxylic acids is 1. The van der Waals surface area contributed by atoms with E-state index in [1.54, 1.807) is 23.1 Å². The molecule has 202 valence electrons. The van der Waals surface area contributed by atoms with Gasteiger partial charge in [0.05, 0.1) is 16.9 Å². The highest BCUT2D eigenvalue weighted by Crippen LogP contribution is 2.69. The van der Waals surface area contributed by atoms with E-state index in [0.29, 0.717) is 0 Å². The highest BCUT2D eigenvalue weighted by Gasteiger charge is 2.70. The van der Waals surface area contributed by atoms with Crippen LogP contribution in [0.1, 0.15) is 69.4 Å². The van der Waals surface area contributed by atoms with E-state index >= 15 is 0 Å². The fourth-order valence-corrected chi connectivity index (χ4v) is 11.0. The quantitative estimate of drug-likeness (QED) is 0.335. The number of hydrogen-bond donors (Lipinski definition) is 2. The Labute approximate surface area is 236 Å². The summed E-state index contributed by atoms with van der Waals surface area (Å²) in [5.41, 5.74) is 2.55. The Morgan fingerprint density at radius 2 is 1.76 bits per heavy atom. The summed E-state index contributed by atoms with van der Waals surface area (Å²) in [6, 6.07) is 7.79. The third kappa shape index (κ3) is 3.86. The van der Waals surface area contributed by atoms with E-state index in [1.807, 2.05) is 13.8 Å². The summed E-state index contributed by atoms with van der Waals surface area (Å²) in [7, 11) is 0. The van der Waals surface area contributed by atoms with Gasteiger partial charge in [-0.15, -0.1) is 23.1 Å². The molecule has 1 aromatic carbocycles. The van der Waals surface area contributed by atoms with Crippen molar-refractivity contribution in [2.45, 2.75) is 75.1 Å². The van der Waals surface area contributed by atoms with Gasteiger partial charge in [0.25, 0.3) is 0 Å². The molecule has 2 bridgehead atoms. The van der Waals surface area contributed by atoms with Gasteiger partial charge in [0.15, 0.2) is 3.95 Å². The lowest BCUT2D eigenvalue weighted by atomic mass is 9.68. The normalized spacial score (nSPS) is 32.5. The van der Waals surface area contributed by atoms with Crippen LogP contribution in [0.2, 0.25) is 0 Å². The standard InChI is InChI=1S/C29H34N2O4S3/c1-12(2)10-17(27(34)35)31-25(32)20-15-11-16(21(20)26(31)33)22-19(15)18(23-24(37-22)30-28(36)38-23)13-6-8-14(9-7-13)29(3,4)5/h6-9,12,15-22H,10-11H2,1-5H3,(H,30,36)(H,34,35). The van der Waals surface area contributed by atoms with Crippen LogP contribution >= 0.6 is 35.3 Å². The lowest BCUT2D eigenvalue weighted by Gasteiger charge is -2.43. The molecule has 8 unspecified atom stereocenters. The molecular weight excluding hydrogens is 537 g/mol. The van der Waals surface area contributed by atoms with E-state index in [9.17, 15) is 19.5 Å². The first-order chi connectivity index (χ1) is 17.9. The van der Waals surface area contributed by atoms with Gasteiger partial charge in [0.2, 0.25) is 11.8 Å². The predicted octanol–water partition coefficient (Wildman–Crippen LogP) is 6.08. The Kier molecular flexibility index (Phi) is 6.24. The summed E-state index contributed by atoms with van der Waals surface area (Å²) in [6.45, 7) is 10.5. The van der Waals surface area contributed by atoms with E-state index in [4.69, 9.17) is 12.2 Å². The maximum atomic E-state index is 13.9. The number of thioether (sulfide) groups is 1. The van der Waals surface area contributed by atoms with Crippen LogP contribution in [-0.4, -0.2) is 44.1 Å². The van der Waals surface area contributed by atoms with Crippen LogP contribution < -0.4 is 0 Å². The number of H-pyrrole nitrogens is 1. The molecule has 2 aliphatic carbocycles. The maximum absolute atomic E-state index is 13.9. The molecule has 6 rings (SSSR count). The highest BCUT2D eigenvalue weighted by atomic mass is 32.2. The second-order valence-electron chi connectivity index (χ2n) is 12.9. The minimum absolute atomic E-state index is 0.0496. The van der Waals surface area contributed by atoms with Crippen molar-refractivity contribution in [3.63, 3.8) is 0 Å². The van der Waals surface area contributed by atoms with E-state index in [0.717, 1.165) is 20.3 Å². The van der Waals surface area contributed by atoms with Crippen molar-refractivity contribution < 1.29 is 19.5 Å². The second-order valence-corrected chi connectivity index (χ2v) is 15.8. The van der Waals surface area contributed by atoms with Gasteiger partial charge < -0.3 is 10.1 Å². The maximum Gasteiger partial charge on any atom is 0.326 e. The molecule has 2 N–H and O–H groups in total. The van der Waals surface area contributed by atoms with Crippen molar-refractivity contribution in [1.82, 2.24) is 9.88 Å². The molecule has 2 aliphatic heterocycles. The number of aliphatic carboxylic acids is 1. The van der Waals surface area contributed by atoms with Gasteiger partial charge in [-0.2, -0.15) is 0 Å². The van der Waals surface area contributed by atoms with Crippen LogP contribution in [0.3, 0.4) is 0 Å². The van der Waals surface area contributed by atoms with Gasteiger partial charge in [0, 0.05) is 16.0 Å². The number of fused-ring (bicyclic) bond motifs is 9. The summed E-state index contributed by atoms with van der Waals surface area (Å²) in [4.78, 5) is 45.5. The van der Waals surface area contributed by atoms with E-state index in [-0.39, 0.29) is 58.5 Å². The third-order valence-corrected chi connectivity index (χ3v) is 12.1. The van der Waals surface area contributed by atoms with E-state index < -0.39 is 23.8 Å². The number of imide groups is 1. The van der Waals surface area contributed by atoms with Gasteiger partial charge in [-0.05, 0) is 65.3 Å². The Bertz CT molecular complexity index is 1370. The molecule has 38 heavy (non-hydrogen) atoms. The number of hydrogen-bond acceptors (Lipinski definition) is 6. The molecule has 1 aromatic heterocycles. The van der Waals surface area contributed by atoms with Crippen LogP contribution in [0.5, 0.6) is 0 Å². The van der Waals surface area contributed by atoms with Crippen molar-refractivity contribution in [2.75, 3.05) is 0 Å². The number of carboxylic acid groups (broad SMARTS) is 1. The first kappa shape index (κ1) is 26.3. The molecule has 2 aromatic rings. The number of amides is 2. The molecule has 2 amide bonds. The van der Waals surface area contributed by atoms with Crippen LogP contribution in [0, 0.1) is 39.5 Å². The number of nitrogens with zero attached hydrogens (tertiary/aromatic N) is 1. The molecule has 6 nitrogen and oxygen atoms in total. The van der Waals surface area contributed by atoms with E-state index in [1.165, 1.54) is 16.0 Å². The number of benzene rings is 1. The van der Waals surface area contributed by atoms with Gasteiger partial charge in [-0.1, -0.05) is 58.9 Å². The highest BCUT2D eigenvalue weighted by molar-refractivity contribution is 8.00. The lowest BCUT2D eigenvalue weighted by Crippen LogP contribution is -2.47. The SMILES string of the molecule is CC(C)CC(C(=O)O)N1C(=O)C2C3CC(C2C1=O)C1C(c2ccc(C(C)(C)C)cc2)c2sc(=S)[nH]c2SC31. The number of nitrogens with one attached hydrogen (secondary N) is 1. The number of rotatable bonds is 5. The number of aromatic amines is 1. The van der Waals surface area contributed by atoms with E-state index in [2.05, 4.69) is 50.0 Å². The molecular formula is C29H34N2O4S3. The third-order valence-electron chi connectivity index (χ3n) is 9.19. The van der Waals surface area contributed by atoms with Gasteiger partial charge in [-0.3, -0.25) is 14.5 Å². The summed E-state index contributed by atoms with van der Waals surface area (Å²) in [5.74, 6) is -2.00. The van der Waals surface area contributed by atoms with Crippen LogP contribution in [-0.2, 0) is 19.8 Å². The van der Waals surface area contributed by atoms with Gasteiger partial charge in [-0.25, -0.2) is 4.79 Å². The number of carbonyl (C=O) groups is 3. The Hall–Kier alpha value is -1.97. The fourth-order valence-electron chi connectivity index (χ4n) is 7.67. The minimum Gasteiger partial charge on any atom is -0.480 e. The molecule has 3 heterocycles. The smallest absolute Gasteiger partial charge is 0.326 e. The topological polar surface area (TPSA) is 90.5 Å². The molecule has 1 saturated heterocycles. The monoisotopic (exact) mass is 570 g/mol. The van der Waals surface area contributed by atoms with Crippen LogP contribution in [0.15, 0.2) is 29.3 Å². The van der Waals surface area contributed by atoms with Gasteiger partial charge >= 0.3 is 5.97 Å². The molecule has 0 spiro atoms. The molecule has 0 radical (unpaired) electrons. The zero-order chi connectivity index (χ0) is 27.3. The number of likely N-dealkylation sites (tertiary alicyclic amines) is 1.